The van der Waals surface area contributed by atoms with Crippen molar-refractivity contribution in [1.82, 2.24) is 4.90 Å². The van der Waals surface area contributed by atoms with E-state index >= 15 is 0 Å². The number of ether oxygens (including phenoxy) is 1. The standard InChI is InChI=1S/C14H20N2O4S.C2H4O2/c15-4-7-20-13-3-1-2-12(10-13)11-14(17)16-5-8-21(18,19)9-6-16;1-2(3)4/h1-3,10H,4-9,11,15H2;1H3,(H,3,4). The minimum absolute atomic E-state index is 0.0540. The number of amides is 1. The summed E-state index contributed by atoms with van der Waals surface area (Å²) in [6.45, 7) is 2.52. The Kier molecular flexibility index (Phi) is 8.36. The molecule has 8 nitrogen and oxygen atoms in total. The first-order valence-electron chi connectivity index (χ1n) is 7.83. The van der Waals surface area contributed by atoms with Crippen LogP contribution in [0, 0.1) is 0 Å². The third-order valence-electron chi connectivity index (χ3n) is 3.34. The molecule has 0 bridgehead atoms. The summed E-state index contributed by atoms with van der Waals surface area (Å²) in [5, 5.41) is 7.42. The topological polar surface area (TPSA) is 127 Å². The Bertz CT molecular complexity index is 672. The lowest BCUT2D eigenvalue weighted by atomic mass is 10.1. The van der Waals surface area contributed by atoms with E-state index in [2.05, 4.69) is 0 Å². The Labute approximate surface area is 147 Å². The molecule has 0 unspecified atom stereocenters. The molecule has 1 aromatic carbocycles. The van der Waals surface area contributed by atoms with E-state index in [1.165, 1.54) is 0 Å². The quantitative estimate of drug-likeness (QED) is 0.740. The first kappa shape index (κ1) is 20.9. The minimum atomic E-state index is -2.96. The van der Waals surface area contributed by atoms with Gasteiger partial charge >= 0.3 is 0 Å². The van der Waals surface area contributed by atoms with Crippen LogP contribution in [0.25, 0.3) is 0 Å². The monoisotopic (exact) mass is 372 g/mol. The Morgan fingerprint density at radius 3 is 2.44 bits per heavy atom. The Hall–Kier alpha value is -2.13. The molecule has 1 amide bonds. The number of rotatable bonds is 5. The van der Waals surface area contributed by atoms with Crippen molar-refractivity contribution in [2.45, 2.75) is 13.3 Å². The fraction of sp³-hybridized carbons (Fsp3) is 0.500. The molecule has 140 valence electrons. The van der Waals surface area contributed by atoms with Crippen LogP contribution in [0.5, 0.6) is 5.75 Å². The first-order chi connectivity index (χ1) is 11.7. The third-order valence-corrected chi connectivity index (χ3v) is 4.95. The summed E-state index contributed by atoms with van der Waals surface area (Å²) >= 11 is 0. The molecule has 9 heteroatoms. The summed E-state index contributed by atoms with van der Waals surface area (Å²) in [6.07, 6.45) is 0.250. The van der Waals surface area contributed by atoms with Gasteiger partial charge in [0.05, 0.1) is 17.9 Å². The van der Waals surface area contributed by atoms with E-state index in [-0.39, 0.29) is 36.9 Å². The van der Waals surface area contributed by atoms with Crippen LogP contribution >= 0.6 is 0 Å². The van der Waals surface area contributed by atoms with Crippen LogP contribution in [0.15, 0.2) is 24.3 Å². The molecular formula is C16H24N2O6S. The van der Waals surface area contributed by atoms with Gasteiger partial charge in [-0.3, -0.25) is 9.59 Å². The molecule has 0 aromatic heterocycles. The predicted octanol–water partition coefficient (Wildman–Crippen LogP) is -0.0855. The highest BCUT2D eigenvalue weighted by atomic mass is 32.2. The maximum atomic E-state index is 12.2. The number of carboxylic acid groups (broad SMARTS) is 1. The van der Waals surface area contributed by atoms with Gasteiger partial charge in [-0.25, -0.2) is 8.42 Å². The van der Waals surface area contributed by atoms with E-state index in [1.54, 1.807) is 4.90 Å². The zero-order valence-corrected chi connectivity index (χ0v) is 15.0. The normalized spacial score (nSPS) is 15.7. The van der Waals surface area contributed by atoms with Gasteiger partial charge in [-0.1, -0.05) is 12.1 Å². The van der Waals surface area contributed by atoms with Crippen LogP contribution in [0.1, 0.15) is 12.5 Å². The number of benzene rings is 1. The molecule has 0 saturated carbocycles. The van der Waals surface area contributed by atoms with E-state index in [4.69, 9.17) is 20.4 Å². The van der Waals surface area contributed by atoms with E-state index in [0.717, 1.165) is 12.5 Å². The Morgan fingerprint density at radius 1 is 1.28 bits per heavy atom. The van der Waals surface area contributed by atoms with Crippen LogP contribution in [0.4, 0.5) is 0 Å². The van der Waals surface area contributed by atoms with Gasteiger partial charge in [0.2, 0.25) is 5.91 Å². The number of hydrogen-bond donors (Lipinski definition) is 2. The number of nitrogens with zero attached hydrogens (tertiary/aromatic N) is 1. The summed E-state index contributed by atoms with van der Waals surface area (Å²) in [5.74, 6) is -0.0931. The molecule has 1 heterocycles. The second kappa shape index (κ2) is 10.00. The van der Waals surface area contributed by atoms with Crippen LogP contribution in [0.2, 0.25) is 0 Å². The zero-order chi connectivity index (χ0) is 18.9. The minimum Gasteiger partial charge on any atom is -0.492 e. The summed E-state index contributed by atoms with van der Waals surface area (Å²) in [7, 11) is -2.96. The SMILES string of the molecule is CC(=O)O.NCCOc1cccc(CC(=O)N2CCS(=O)(=O)CC2)c1. The lowest BCUT2D eigenvalue weighted by Gasteiger charge is -2.26. The highest BCUT2D eigenvalue weighted by Crippen LogP contribution is 2.15. The molecule has 0 aliphatic carbocycles. The maximum absolute atomic E-state index is 12.2. The highest BCUT2D eigenvalue weighted by Gasteiger charge is 2.24. The fourth-order valence-electron chi connectivity index (χ4n) is 2.17. The summed E-state index contributed by atoms with van der Waals surface area (Å²) in [4.78, 5) is 22.8. The van der Waals surface area contributed by atoms with Crippen molar-refractivity contribution in [2.75, 3.05) is 37.7 Å². The van der Waals surface area contributed by atoms with Crippen molar-refractivity contribution in [1.29, 1.82) is 0 Å². The van der Waals surface area contributed by atoms with Crippen molar-refractivity contribution < 1.29 is 27.9 Å². The second-order valence-electron chi connectivity index (χ2n) is 5.51. The molecular weight excluding hydrogens is 348 g/mol. The van der Waals surface area contributed by atoms with E-state index in [9.17, 15) is 13.2 Å². The molecule has 25 heavy (non-hydrogen) atoms. The van der Waals surface area contributed by atoms with E-state index < -0.39 is 15.8 Å². The van der Waals surface area contributed by atoms with Crippen LogP contribution in [-0.2, 0) is 25.8 Å². The van der Waals surface area contributed by atoms with Gasteiger partial charge < -0.3 is 20.5 Å². The van der Waals surface area contributed by atoms with Crippen LogP contribution in [0.3, 0.4) is 0 Å². The van der Waals surface area contributed by atoms with Crippen molar-refractivity contribution >= 4 is 21.7 Å². The smallest absolute Gasteiger partial charge is 0.300 e. The fourth-order valence-corrected chi connectivity index (χ4v) is 3.37. The average molecular weight is 372 g/mol. The summed E-state index contributed by atoms with van der Waals surface area (Å²) in [6, 6.07) is 7.31. The van der Waals surface area contributed by atoms with Crippen molar-refractivity contribution in [3.63, 3.8) is 0 Å². The number of hydrogen-bond acceptors (Lipinski definition) is 6. The first-order valence-corrected chi connectivity index (χ1v) is 9.65. The number of carboxylic acids is 1. The van der Waals surface area contributed by atoms with Crippen LogP contribution in [-0.4, -0.2) is 68.0 Å². The van der Waals surface area contributed by atoms with Crippen LogP contribution < -0.4 is 10.5 Å². The molecule has 2 rings (SSSR count). The maximum Gasteiger partial charge on any atom is 0.300 e. The number of carbonyl (C=O) groups is 2. The number of nitrogens with two attached hydrogens (primary N) is 1. The Balaban J connectivity index is 0.000000705. The van der Waals surface area contributed by atoms with Gasteiger partial charge in [0.15, 0.2) is 9.84 Å². The van der Waals surface area contributed by atoms with E-state index in [0.29, 0.717) is 18.9 Å². The number of carbonyl (C=O) groups excluding carboxylic acids is 1. The van der Waals surface area contributed by atoms with Gasteiger partial charge in [-0.05, 0) is 17.7 Å². The van der Waals surface area contributed by atoms with Crippen molar-refractivity contribution in [2.24, 2.45) is 5.73 Å². The highest BCUT2D eigenvalue weighted by molar-refractivity contribution is 7.91. The summed E-state index contributed by atoms with van der Waals surface area (Å²) < 4.78 is 28.1. The lowest BCUT2D eigenvalue weighted by molar-refractivity contribution is -0.134. The molecule has 0 radical (unpaired) electrons. The summed E-state index contributed by atoms with van der Waals surface area (Å²) in [5.41, 5.74) is 6.23. The van der Waals surface area contributed by atoms with Gasteiger partial charge in [-0.2, -0.15) is 0 Å². The third kappa shape index (κ3) is 8.50. The number of sulfone groups is 1. The average Bonchev–Trinajstić information content (AvgIpc) is 2.52. The molecule has 3 N–H and O–H groups in total. The molecule has 0 atom stereocenters. The zero-order valence-electron chi connectivity index (χ0n) is 14.2. The second-order valence-corrected chi connectivity index (χ2v) is 7.82. The van der Waals surface area contributed by atoms with Gasteiger partial charge in [0, 0.05) is 26.6 Å². The Morgan fingerprint density at radius 2 is 1.88 bits per heavy atom. The largest absolute Gasteiger partial charge is 0.492 e. The van der Waals surface area contributed by atoms with E-state index in [1.807, 2.05) is 24.3 Å². The molecule has 1 aromatic rings. The molecule has 1 fully saturated rings. The predicted molar refractivity (Wildman–Crippen MR) is 93.2 cm³/mol. The van der Waals surface area contributed by atoms with Gasteiger partial charge in [0.1, 0.15) is 12.4 Å². The van der Waals surface area contributed by atoms with Crippen molar-refractivity contribution in [3.8, 4) is 5.75 Å². The molecule has 1 aliphatic rings. The molecule has 1 saturated heterocycles. The van der Waals surface area contributed by atoms with Crippen molar-refractivity contribution in [3.05, 3.63) is 29.8 Å². The van der Waals surface area contributed by atoms with Gasteiger partial charge in [0.25, 0.3) is 5.97 Å². The van der Waals surface area contributed by atoms with Gasteiger partial charge in [-0.15, -0.1) is 0 Å². The number of aliphatic carboxylic acids is 1. The lowest BCUT2D eigenvalue weighted by Crippen LogP contribution is -2.44. The molecule has 1 aliphatic heterocycles. The molecule has 0 spiro atoms.